The minimum atomic E-state index is 0.324. The average Bonchev–Trinajstić information content (AvgIpc) is 2.91. The molecule has 2 aromatic rings. The topological polar surface area (TPSA) is 42.7 Å². The van der Waals surface area contributed by atoms with Crippen molar-refractivity contribution in [3.8, 4) is 0 Å². The average molecular weight is 278 g/mol. The Morgan fingerprint density at radius 3 is 2.74 bits per heavy atom. The van der Waals surface area contributed by atoms with E-state index >= 15 is 0 Å². The van der Waals surface area contributed by atoms with Gasteiger partial charge in [-0.1, -0.05) is 0 Å². The van der Waals surface area contributed by atoms with E-state index in [4.69, 9.17) is 0 Å². The second-order valence-corrected chi connectivity index (χ2v) is 6.03. The summed E-state index contributed by atoms with van der Waals surface area (Å²) in [6.07, 6.45) is 1.08. The highest BCUT2D eigenvalue weighted by Gasteiger charge is 2.07. The van der Waals surface area contributed by atoms with Crippen LogP contribution in [0.4, 0.5) is 0 Å². The van der Waals surface area contributed by atoms with Gasteiger partial charge in [-0.15, -0.1) is 11.3 Å². The van der Waals surface area contributed by atoms with Gasteiger partial charge in [-0.2, -0.15) is 5.10 Å². The Labute approximate surface area is 118 Å². The van der Waals surface area contributed by atoms with Gasteiger partial charge < -0.3 is 5.32 Å². The van der Waals surface area contributed by atoms with E-state index in [1.54, 1.807) is 11.3 Å². The van der Waals surface area contributed by atoms with Crippen LogP contribution in [0.1, 0.15) is 41.5 Å². The van der Waals surface area contributed by atoms with E-state index < -0.39 is 0 Å². The summed E-state index contributed by atoms with van der Waals surface area (Å²) in [7, 11) is 0. The molecule has 0 aromatic carbocycles. The van der Waals surface area contributed by atoms with Crippen LogP contribution in [0.2, 0.25) is 0 Å². The molecule has 0 aliphatic heterocycles. The molecule has 4 nitrogen and oxygen atoms in total. The van der Waals surface area contributed by atoms with E-state index in [0.717, 1.165) is 35.9 Å². The third-order valence-electron chi connectivity index (χ3n) is 3.18. The maximum absolute atomic E-state index is 4.50. The van der Waals surface area contributed by atoms with E-state index in [2.05, 4.69) is 45.4 Å². The summed E-state index contributed by atoms with van der Waals surface area (Å²) in [5.41, 5.74) is 3.48. The Morgan fingerprint density at radius 1 is 1.37 bits per heavy atom. The van der Waals surface area contributed by atoms with Crippen molar-refractivity contribution in [1.29, 1.82) is 0 Å². The number of aryl methyl sites for hydroxylation is 4. The third kappa shape index (κ3) is 3.88. The summed E-state index contributed by atoms with van der Waals surface area (Å²) >= 11 is 1.71. The first-order valence-corrected chi connectivity index (χ1v) is 7.60. The zero-order chi connectivity index (χ0) is 13.8. The molecule has 2 heterocycles. The molecule has 0 aliphatic rings. The predicted octanol–water partition coefficient (Wildman–Crippen LogP) is 3.01. The lowest BCUT2D eigenvalue weighted by molar-refractivity contribution is 0.496. The molecule has 19 heavy (non-hydrogen) atoms. The van der Waals surface area contributed by atoms with Crippen LogP contribution >= 0.6 is 11.3 Å². The summed E-state index contributed by atoms with van der Waals surface area (Å²) < 4.78 is 2.08. The molecule has 0 amide bonds. The predicted molar refractivity (Wildman–Crippen MR) is 79.6 cm³/mol. The second kappa shape index (κ2) is 6.30. The quantitative estimate of drug-likeness (QED) is 0.826. The third-order valence-corrected chi connectivity index (χ3v) is 3.97. The highest BCUT2D eigenvalue weighted by atomic mass is 32.1. The van der Waals surface area contributed by atoms with Crippen molar-refractivity contribution in [2.75, 3.05) is 6.54 Å². The lowest BCUT2D eigenvalue weighted by atomic mass is 10.2. The molecule has 0 radical (unpaired) electrons. The molecule has 0 saturated carbocycles. The molecule has 0 fully saturated rings. The van der Waals surface area contributed by atoms with Crippen LogP contribution in [-0.4, -0.2) is 21.3 Å². The smallest absolute Gasteiger partial charge is 0.0898 e. The van der Waals surface area contributed by atoms with E-state index in [9.17, 15) is 0 Å². The van der Waals surface area contributed by atoms with Crippen LogP contribution in [0.25, 0.3) is 0 Å². The standard InChI is InChI=1S/C14H22N4S/c1-10-8-11(2)18(17-10)7-5-6-15-12(3)14-9-19-13(4)16-14/h8-9,12,15H,5-7H2,1-4H3. The van der Waals surface area contributed by atoms with Crippen LogP contribution in [0.15, 0.2) is 11.4 Å². The minimum Gasteiger partial charge on any atom is -0.309 e. The Kier molecular flexibility index (Phi) is 4.71. The van der Waals surface area contributed by atoms with Crippen molar-refractivity contribution in [2.24, 2.45) is 0 Å². The molecule has 104 valence electrons. The van der Waals surface area contributed by atoms with E-state index in [0.29, 0.717) is 6.04 Å². The second-order valence-electron chi connectivity index (χ2n) is 4.97. The summed E-state index contributed by atoms with van der Waals surface area (Å²) in [5, 5.41) is 11.2. The molecule has 5 heteroatoms. The van der Waals surface area contributed by atoms with Crippen molar-refractivity contribution in [3.05, 3.63) is 33.5 Å². The first-order valence-electron chi connectivity index (χ1n) is 6.72. The molecule has 0 bridgehead atoms. The normalized spacial score (nSPS) is 12.8. The van der Waals surface area contributed by atoms with Gasteiger partial charge in [0.2, 0.25) is 0 Å². The van der Waals surface area contributed by atoms with Gasteiger partial charge in [0, 0.05) is 23.7 Å². The monoisotopic (exact) mass is 278 g/mol. The molecule has 0 aliphatic carbocycles. The largest absolute Gasteiger partial charge is 0.309 e. The number of aromatic nitrogens is 3. The summed E-state index contributed by atoms with van der Waals surface area (Å²) in [4.78, 5) is 4.50. The maximum atomic E-state index is 4.50. The number of rotatable bonds is 6. The van der Waals surface area contributed by atoms with Crippen molar-refractivity contribution in [1.82, 2.24) is 20.1 Å². The molecule has 1 atom stereocenters. The Balaban J connectivity index is 1.73. The molecular weight excluding hydrogens is 256 g/mol. The van der Waals surface area contributed by atoms with Crippen LogP contribution in [0.5, 0.6) is 0 Å². The number of nitrogens with one attached hydrogen (secondary N) is 1. The van der Waals surface area contributed by atoms with Crippen molar-refractivity contribution in [3.63, 3.8) is 0 Å². The van der Waals surface area contributed by atoms with Gasteiger partial charge in [0.05, 0.1) is 16.4 Å². The molecule has 2 aromatic heterocycles. The summed E-state index contributed by atoms with van der Waals surface area (Å²) in [5.74, 6) is 0. The number of thiazole rings is 1. The Hall–Kier alpha value is -1.20. The van der Waals surface area contributed by atoms with E-state index in [1.165, 1.54) is 5.69 Å². The Bertz CT molecular complexity index is 529. The van der Waals surface area contributed by atoms with Crippen LogP contribution < -0.4 is 5.32 Å². The molecule has 2 rings (SSSR count). The lowest BCUT2D eigenvalue weighted by Crippen LogP contribution is -2.21. The summed E-state index contributed by atoms with van der Waals surface area (Å²) in [6, 6.07) is 2.44. The van der Waals surface area contributed by atoms with Crippen molar-refractivity contribution >= 4 is 11.3 Å². The zero-order valence-electron chi connectivity index (χ0n) is 12.1. The van der Waals surface area contributed by atoms with Gasteiger partial charge >= 0.3 is 0 Å². The molecule has 0 saturated heterocycles. The number of hydrogen-bond donors (Lipinski definition) is 1. The van der Waals surface area contributed by atoms with Gasteiger partial charge in [0.1, 0.15) is 0 Å². The van der Waals surface area contributed by atoms with Gasteiger partial charge in [0.25, 0.3) is 0 Å². The number of hydrogen-bond acceptors (Lipinski definition) is 4. The maximum Gasteiger partial charge on any atom is 0.0898 e. The zero-order valence-corrected chi connectivity index (χ0v) is 12.9. The van der Waals surface area contributed by atoms with Crippen LogP contribution in [0, 0.1) is 20.8 Å². The van der Waals surface area contributed by atoms with Crippen LogP contribution in [0.3, 0.4) is 0 Å². The van der Waals surface area contributed by atoms with Crippen LogP contribution in [-0.2, 0) is 6.54 Å². The van der Waals surface area contributed by atoms with Gasteiger partial charge in [-0.05, 0) is 46.7 Å². The lowest BCUT2D eigenvalue weighted by Gasteiger charge is -2.11. The Morgan fingerprint density at radius 2 is 2.16 bits per heavy atom. The van der Waals surface area contributed by atoms with Crippen molar-refractivity contribution in [2.45, 2.75) is 46.7 Å². The highest BCUT2D eigenvalue weighted by Crippen LogP contribution is 2.15. The molecule has 1 N–H and O–H groups in total. The van der Waals surface area contributed by atoms with Gasteiger partial charge in [-0.3, -0.25) is 4.68 Å². The molecule has 0 spiro atoms. The first kappa shape index (κ1) is 14.2. The van der Waals surface area contributed by atoms with E-state index in [1.807, 2.05) is 13.8 Å². The summed E-state index contributed by atoms with van der Waals surface area (Å²) in [6.45, 7) is 10.3. The molecule has 1 unspecified atom stereocenters. The number of nitrogens with zero attached hydrogens (tertiary/aromatic N) is 3. The van der Waals surface area contributed by atoms with Crippen molar-refractivity contribution < 1.29 is 0 Å². The van der Waals surface area contributed by atoms with Gasteiger partial charge in [-0.25, -0.2) is 4.98 Å². The molecular formula is C14H22N4S. The fourth-order valence-corrected chi connectivity index (χ4v) is 2.84. The van der Waals surface area contributed by atoms with E-state index in [-0.39, 0.29) is 0 Å². The fourth-order valence-electron chi connectivity index (χ4n) is 2.13. The van der Waals surface area contributed by atoms with Gasteiger partial charge in [0.15, 0.2) is 0 Å². The minimum absolute atomic E-state index is 0.324. The SMILES string of the molecule is Cc1cc(C)n(CCCNC(C)c2csc(C)n2)n1. The first-order chi connectivity index (χ1) is 9.06. The fraction of sp³-hybridized carbons (Fsp3) is 0.571. The highest BCUT2D eigenvalue weighted by molar-refractivity contribution is 7.09.